The van der Waals surface area contributed by atoms with Gasteiger partial charge in [-0.1, -0.05) is 17.7 Å². The van der Waals surface area contributed by atoms with E-state index in [1.165, 1.54) is 14.2 Å². The second kappa shape index (κ2) is 7.49. The third-order valence-corrected chi connectivity index (χ3v) is 6.39. The SMILES string of the molecule is COc1ccc(C(=O)Nc2c3c(nn2-c2ccc(C)cc2)CS(=O)(=O)C3)cc1OC. The number of carbonyl (C=O) groups excluding carboxylic acids is 1. The van der Waals surface area contributed by atoms with E-state index in [1.807, 2.05) is 31.2 Å². The Morgan fingerprint density at radius 1 is 1.03 bits per heavy atom. The highest BCUT2D eigenvalue weighted by molar-refractivity contribution is 7.90. The lowest BCUT2D eigenvalue weighted by Crippen LogP contribution is -2.17. The van der Waals surface area contributed by atoms with Crippen molar-refractivity contribution >= 4 is 21.6 Å². The monoisotopic (exact) mass is 427 g/mol. The molecule has 0 aliphatic carbocycles. The Bertz CT molecular complexity index is 1230. The molecule has 1 amide bonds. The first kappa shape index (κ1) is 20.0. The highest BCUT2D eigenvalue weighted by Crippen LogP contribution is 2.34. The second-order valence-electron chi connectivity index (χ2n) is 7.08. The Morgan fingerprint density at radius 3 is 2.40 bits per heavy atom. The van der Waals surface area contributed by atoms with E-state index < -0.39 is 15.7 Å². The number of nitrogens with zero attached hydrogens (tertiary/aromatic N) is 2. The van der Waals surface area contributed by atoms with Gasteiger partial charge in [0, 0.05) is 11.1 Å². The molecule has 2 heterocycles. The summed E-state index contributed by atoms with van der Waals surface area (Å²) in [6.45, 7) is 1.97. The van der Waals surface area contributed by atoms with Crippen LogP contribution in [0.4, 0.5) is 5.82 Å². The van der Waals surface area contributed by atoms with Crippen molar-refractivity contribution in [2.75, 3.05) is 19.5 Å². The molecule has 0 saturated carbocycles. The summed E-state index contributed by atoms with van der Waals surface area (Å²) >= 11 is 0. The number of rotatable bonds is 5. The molecule has 4 rings (SSSR count). The van der Waals surface area contributed by atoms with Crippen LogP contribution < -0.4 is 14.8 Å². The number of aryl methyl sites for hydroxylation is 1. The van der Waals surface area contributed by atoms with Gasteiger partial charge in [0.15, 0.2) is 21.3 Å². The van der Waals surface area contributed by atoms with E-state index in [0.717, 1.165) is 11.3 Å². The summed E-state index contributed by atoms with van der Waals surface area (Å²) in [5.74, 6) is 0.581. The zero-order valence-corrected chi connectivity index (χ0v) is 17.6. The van der Waals surface area contributed by atoms with Crippen molar-refractivity contribution in [1.29, 1.82) is 0 Å². The van der Waals surface area contributed by atoms with Crippen molar-refractivity contribution in [3.8, 4) is 17.2 Å². The zero-order chi connectivity index (χ0) is 21.5. The van der Waals surface area contributed by atoms with Crippen molar-refractivity contribution in [1.82, 2.24) is 9.78 Å². The molecule has 0 fully saturated rings. The average molecular weight is 427 g/mol. The second-order valence-corrected chi connectivity index (χ2v) is 9.14. The number of amides is 1. The highest BCUT2D eigenvalue weighted by Gasteiger charge is 2.33. The third kappa shape index (κ3) is 3.63. The van der Waals surface area contributed by atoms with Gasteiger partial charge >= 0.3 is 0 Å². The number of nitrogens with one attached hydrogen (secondary N) is 1. The molecule has 30 heavy (non-hydrogen) atoms. The van der Waals surface area contributed by atoms with E-state index in [1.54, 1.807) is 22.9 Å². The lowest BCUT2D eigenvalue weighted by molar-refractivity contribution is 0.102. The molecule has 1 N–H and O–H groups in total. The summed E-state index contributed by atoms with van der Waals surface area (Å²) < 4.78 is 36.3. The van der Waals surface area contributed by atoms with Crippen LogP contribution in [0, 0.1) is 6.92 Å². The van der Waals surface area contributed by atoms with Crippen LogP contribution in [0.1, 0.15) is 27.2 Å². The molecule has 0 unspecified atom stereocenters. The molecule has 9 heteroatoms. The normalized spacial score (nSPS) is 14.2. The van der Waals surface area contributed by atoms with E-state index in [2.05, 4.69) is 10.4 Å². The number of sulfone groups is 1. The van der Waals surface area contributed by atoms with Gasteiger partial charge in [0.25, 0.3) is 5.91 Å². The number of aromatic nitrogens is 2. The Balaban J connectivity index is 1.74. The van der Waals surface area contributed by atoms with Crippen molar-refractivity contribution in [3.05, 3.63) is 64.8 Å². The first-order valence-electron chi connectivity index (χ1n) is 9.23. The average Bonchev–Trinajstić information content (AvgIpc) is 3.20. The predicted octanol–water partition coefficient (Wildman–Crippen LogP) is 2.88. The molecule has 156 valence electrons. The molecular weight excluding hydrogens is 406 g/mol. The third-order valence-electron chi connectivity index (χ3n) is 4.94. The maximum Gasteiger partial charge on any atom is 0.256 e. The van der Waals surface area contributed by atoms with Gasteiger partial charge in [0.05, 0.1) is 37.1 Å². The van der Waals surface area contributed by atoms with Crippen LogP contribution in [0.25, 0.3) is 5.69 Å². The lowest BCUT2D eigenvalue weighted by Gasteiger charge is -2.13. The Morgan fingerprint density at radius 2 is 1.73 bits per heavy atom. The van der Waals surface area contributed by atoms with Crippen LogP contribution in [-0.2, 0) is 21.3 Å². The molecule has 0 atom stereocenters. The predicted molar refractivity (Wildman–Crippen MR) is 112 cm³/mol. The topological polar surface area (TPSA) is 99.5 Å². The number of fused-ring (bicyclic) bond motifs is 1. The first-order valence-corrected chi connectivity index (χ1v) is 11.0. The lowest BCUT2D eigenvalue weighted by atomic mass is 10.1. The van der Waals surface area contributed by atoms with Gasteiger partial charge in [-0.3, -0.25) is 4.79 Å². The minimum Gasteiger partial charge on any atom is -0.493 e. The zero-order valence-electron chi connectivity index (χ0n) is 16.8. The summed E-state index contributed by atoms with van der Waals surface area (Å²) in [5, 5.41) is 7.32. The molecule has 3 aromatic rings. The van der Waals surface area contributed by atoms with E-state index in [4.69, 9.17) is 9.47 Å². The number of methoxy groups -OCH3 is 2. The molecule has 1 aliphatic rings. The Labute approximate surface area is 174 Å². The van der Waals surface area contributed by atoms with Gasteiger partial charge < -0.3 is 14.8 Å². The standard InChI is InChI=1S/C21H21N3O5S/c1-13-4-7-15(8-5-13)24-20(16-11-30(26,27)12-17(16)23-24)22-21(25)14-6-9-18(28-2)19(10-14)29-3/h4-10H,11-12H2,1-3H3,(H,22,25). The number of hydrogen-bond acceptors (Lipinski definition) is 6. The first-order chi connectivity index (χ1) is 14.3. The summed E-state index contributed by atoms with van der Waals surface area (Å²) in [6.07, 6.45) is 0. The molecule has 1 aliphatic heterocycles. The summed E-state index contributed by atoms with van der Waals surface area (Å²) in [4.78, 5) is 13.0. The number of benzene rings is 2. The highest BCUT2D eigenvalue weighted by atomic mass is 32.2. The van der Waals surface area contributed by atoms with Crippen molar-refractivity contribution < 1.29 is 22.7 Å². The minimum atomic E-state index is -3.27. The summed E-state index contributed by atoms with van der Waals surface area (Å²) in [7, 11) is -0.269. The molecule has 0 bridgehead atoms. The van der Waals surface area contributed by atoms with Gasteiger partial charge in [-0.05, 0) is 37.3 Å². The van der Waals surface area contributed by atoms with Crippen molar-refractivity contribution in [2.24, 2.45) is 0 Å². The molecule has 1 aromatic heterocycles. The molecule has 0 saturated heterocycles. The number of hydrogen-bond donors (Lipinski definition) is 1. The van der Waals surface area contributed by atoms with Crippen molar-refractivity contribution in [3.63, 3.8) is 0 Å². The Hall–Kier alpha value is -3.33. The quantitative estimate of drug-likeness (QED) is 0.672. The van der Waals surface area contributed by atoms with Gasteiger partial charge in [-0.25, -0.2) is 13.1 Å². The maximum absolute atomic E-state index is 13.0. The van der Waals surface area contributed by atoms with Gasteiger partial charge in [-0.2, -0.15) is 5.10 Å². The molecule has 0 spiro atoms. The van der Waals surface area contributed by atoms with Gasteiger partial charge in [-0.15, -0.1) is 0 Å². The fourth-order valence-corrected chi connectivity index (χ4v) is 4.89. The number of carbonyl (C=O) groups is 1. The van der Waals surface area contributed by atoms with Gasteiger partial charge in [0.1, 0.15) is 5.82 Å². The van der Waals surface area contributed by atoms with Crippen LogP contribution in [0.2, 0.25) is 0 Å². The van der Waals surface area contributed by atoms with Crippen LogP contribution in [-0.4, -0.2) is 38.3 Å². The van der Waals surface area contributed by atoms with Crippen LogP contribution in [0.5, 0.6) is 11.5 Å². The number of anilines is 1. The van der Waals surface area contributed by atoms with E-state index in [-0.39, 0.29) is 11.5 Å². The van der Waals surface area contributed by atoms with E-state index >= 15 is 0 Å². The fraction of sp³-hybridized carbons (Fsp3) is 0.238. The maximum atomic E-state index is 13.0. The molecule has 2 aromatic carbocycles. The molecular formula is C21H21N3O5S. The van der Waals surface area contributed by atoms with Crippen LogP contribution in [0.15, 0.2) is 42.5 Å². The fourth-order valence-electron chi connectivity index (χ4n) is 3.40. The minimum absolute atomic E-state index is 0.138. The largest absolute Gasteiger partial charge is 0.493 e. The van der Waals surface area contributed by atoms with E-state index in [9.17, 15) is 13.2 Å². The molecule has 8 nitrogen and oxygen atoms in total. The number of ether oxygens (including phenoxy) is 2. The van der Waals surface area contributed by atoms with Crippen molar-refractivity contribution in [2.45, 2.75) is 18.4 Å². The smallest absolute Gasteiger partial charge is 0.256 e. The van der Waals surface area contributed by atoms with Crippen LogP contribution in [0.3, 0.4) is 0 Å². The summed E-state index contributed by atoms with van der Waals surface area (Å²) in [6, 6.07) is 12.4. The molecule has 0 radical (unpaired) electrons. The Kier molecular flexibility index (Phi) is 4.98. The van der Waals surface area contributed by atoms with Crippen LogP contribution >= 0.6 is 0 Å². The van der Waals surface area contributed by atoms with E-state index in [0.29, 0.717) is 34.1 Å². The van der Waals surface area contributed by atoms with Gasteiger partial charge in [0.2, 0.25) is 0 Å². The summed E-state index contributed by atoms with van der Waals surface area (Å²) in [5.41, 5.74) is 3.13.